The molecular weight excluding hydrogens is 234 g/mol. The summed E-state index contributed by atoms with van der Waals surface area (Å²) in [5.41, 5.74) is 7.15. The standard InChI is InChI=1S/C16H27N3/c1-14(2)19(11-9-17)16-8-10-18(13-16)12-15-6-4-3-5-7-15/h3-7,14,16H,8-13,17H2,1-2H3. The van der Waals surface area contributed by atoms with Crippen LogP contribution in [-0.2, 0) is 6.54 Å². The Hall–Kier alpha value is -0.900. The van der Waals surface area contributed by atoms with E-state index in [0.717, 1.165) is 19.6 Å². The second-order valence-corrected chi connectivity index (χ2v) is 5.78. The summed E-state index contributed by atoms with van der Waals surface area (Å²) in [4.78, 5) is 5.12. The Morgan fingerprint density at radius 3 is 2.68 bits per heavy atom. The highest BCUT2D eigenvalue weighted by Crippen LogP contribution is 2.19. The zero-order chi connectivity index (χ0) is 13.7. The first-order valence-corrected chi connectivity index (χ1v) is 7.42. The SMILES string of the molecule is CC(C)N(CCN)C1CCN(Cc2ccccc2)C1. The smallest absolute Gasteiger partial charge is 0.0238 e. The van der Waals surface area contributed by atoms with E-state index in [1.54, 1.807) is 0 Å². The van der Waals surface area contributed by atoms with Gasteiger partial charge in [-0.3, -0.25) is 9.80 Å². The van der Waals surface area contributed by atoms with Crippen LogP contribution in [0.3, 0.4) is 0 Å². The van der Waals surface area contributed by atoms with Gasteiger partial charge in [0.1, 0.15) is 0 Å². The molecule has 1 aromatic carbocycles. The summed E-state index contributed by atoms with van der Waals surface area (Å²) in [6.45, 7) is 9.77. The maximum Gasteiger partial charge on any atom is 0.0238 e. The van der Waals surface area contributed by atoms with Crippen LogP contribution in [0.4, 0.5) is 0 Å². The van der Waals surface area contributed by atoms with Gasteiger partial charge in [-0.2, -0.15) is 0 Å². The molecule has 0 radical (unpaired) electrons. The lowest BCUT2D eigenvalue weighted by atomic mass is 10.1. The minimum Gasteiger partial charge on any atom is -0.329 e. The van der Waals surface area contributed by atoms with Crippen LogP contribution in [0.5, 0.6) is 0 Å². The van der Waals surface area contributed by atoms with Gasteiger partial charge in [-0.1, -0.05) is 30.3 Å². The second kappa shape index (κ2) is 7.04. The molecule has 3 nitrogen and oxygen atoms in total. The van der Waals surface area contributed by atoms with Crippen LogP contribution in [0.25, 0.3) is 0 Å². The van der Waals surface area contributed by atoms with Gasteiger partial charge in [0.15, 0.2) is 0 Å². The second-order valence-electron chi connectivity index (χ2n) is 5.78. The van der Waals surface area contributed by atoms with Crippen LogP contribution in [0.1, 0.15) is 25.8 Å². The van der Waals surface area contributed by atoms with Crippen molar-refractivity contribution in [1.82, 2.24) is 9.80 Å². The summed E-state index contributed by atoms with van der Waals surface area (Å²) in [5.74, 6) is 0. The molecule has 0 aromatic heterocycles. The third-order valence-corrected chi connectivity index (χ3v) is 4.02. The molecule has 1 aliphatic rings. The number of likely N-dealkylation sites (tertiary alicyclic amines) is 1. The van der Waals surface area contributed by atoms with Crippen LogP contribution in [0, 0.1) is 0 Å². The van der Waals surface area contributed by atoms with Crippen molar-refractivity contribution in [1.29, 1.82) is 0 Å². The highest BCUT2D eigenvalue weighted by atomic mass is 15.3. The maximum absolute atomic E-state index is 5.74. The van der Waals surface area contributed by atoms with Crippen molar-refractivity contribution in [3.8, 4) is 0 Å². The van der Waals surface area contributed by atoms with Crippen molar-refractivity contribution in [3.05, 3.63) is 35.9 Å². The monoisotopic (exact) mass is 261 g/mol. The van der Waals surface area contributed by atoms with E-state index < -0.39 is 0 Å². The van der Waals surface area contributed by atoms with E-state index in [1.165, 1.54) is 25.1 Å². The predicted molar refractivity (Wildman–Crippen MR) is 81.0 cm³/mol. The van der Waals surface area contributed by atoms with E-state index in [2.05, 4.69) is 54.0 Å². The Morgan fingerprint density at radius 1 is 1.32 bits per heavy atom. The van der Waals surface area contributed by atoms with E-state index >= 15 is 0 Å². The molecule has 1 heterocycles. The highest BCUT2D eigenvalue weighted by Gasteiger charge is 2.28. The average Bonchev–Trinajstić information content (AvgIpc) is 2.85. The average molecular weight is 261 g/mol. The number of benzene rings is 1. The quantitative estimate of drug-likeness (QED) is 0.849. The molecule has 0 saturated carbocycles. The molecule has 19 heavy (non-hydrogen) atoms. The molecule has 1 saturated heterocycles. The lowest BCUT2D eigenvalue weighted by Crippen LogP contribution is -2.44. The predicted octanol–water partition coefficient (Wildman–Crippen LogP) is 1.93. The van der Waals surface area contributed by atoms with Gasteiger partial charge in [0.25, 0.3) is 0 Å². The van der Waals surface area contributed by atoms with Gasteiger partial charge in [-0.15, -0.1) is 0 Å². The number of hydrogen-bond acceptors (Lipinski definition) is 3. The van der Waals surface area contributed by atoms with Gasteiger partial charge >= 0.3 is 0 Å². The normalized spacial score (nSPS) is 20.6. The molecule has 2 rings (SSSR count). The molecule has 1 aliphatic heterocycles. The summed E-state index contributed by atoms with van der Waals surface area (Å²) in [7, 11) is 0. The molecule has 1 fully saturated rings. The first-order valence-electron chi connectivity index (χ1n) is 7.42. The van der Waals surface area contributed by atoms with E-state index in [4.69, 9.17) is 5.73 Å². The zero-order valence-corrected chi connectivity index (χ0v) is 12.3. The van der Waals surface area contributed by atoms with Crippen molar-refractivity contribution in [3.63, 3.8) is 0 Å². The Kier molecular flexibility index (Phi) is 5.37. The fraction of sp³-hybridized carbons (Fsp3) is 0.625. The third kappa shape index (κ3) is 4.03. The molecule has 1 unspecified atom stereocenters. The summed E-state index contributed by atoms with van der Waals surface area (Å²) in [5, 5.41) is 0. The van der Waals surface area contributed by atoms with Crippen molar-refractivity contribution in [2.24, 2.45) is 5.73 Å². The minimum absolute atomic E-state index is 0.588. The number of hydrogen-bond donors (Lipinski definition) is 1. The molecule has 2 N–H and O–H groups in total. The van der Waals surface area contributed by atoms with E-state index in [-0.39, 0.29) is 0 Å². The number of nitrogens with two attached hydrogens (primary N) is 1. The molecular formula is C16H27N3. The highest BCUT2D eigenvalue weighted by molar-refractivity contribution is 5.14. The minimum atomic E-state index is 0.588. The van der Waals surface area contributed by atoms with Crippen molar-refractivity contribution in [2.45, 2.75) is 38.9 Å². The lowest BCUT2D eigenvalue weighted by molar-refractivity contribution is 0.156. The molecule has 106 valence electrons. The molecule has 3 heteroatoms. The molecule has 0 bridgehead atoms. The van der Waals surface area contributed by atoms with Crippen LogP contribution in [-0.4, -0.2) is 48.1 Å². The first-order chi connectivity index (χ1) is 9.20. The Morgan fingerprint density at radius 2 is 2.05 bits per heavy atom. The lowest BCUT2D eigenvalue weighted by Gasteiger charge is -2.32. The van der Waals surface area contributed by atoms with Gasteiger partial charge in [-0.05, 0) is 25.8 Å². The molecule has 1 atom stereocenters. The van der Waals surface area contributed by atoms with E-state index in [9.17, 15) is 0 Å². The summed E-state index contributed by atoms with van der Waals surface area (Å²) < 4.78 is 0. The topological polar surface area (TPSA) is 32.5 Å². The maximum atomic E-state index is 5.74. The van der Waals surface area contributed by atoms with Crippen LogP contribution in [0.2, 0.25) is 0 Å². The van der Waals surface area contributed by atoms with Gasteiger partial charge in [0.05, 0.1) is 0 Å². The van der Waals surface area contributed by atoms with Crippen molar-refractivity contribution in [2.75, 3.05) is 26.2 Å². The van der Waals surface area contributed by atoms with Gasteiger partial charge in [0.2, 0.25) is 0 Å². The van der Waals surface area contributed by atoms with Gasteiger partial charge < -0.3 is 5.73 Å². The Bertz CT molecular complexity index is 364. The first kappa shape index (κ1) is 14.5. The summed E-state index contributed by atoms with van der Waals surface area (Å²) >= 11 is 0. The van der Waals surface area contributed by atoms with E-state index in [0.29, 0.717) is 12.1 Å². The van der Waals surface area contributed by atoms with E-state index in [1.807, 2.05) is 0 Å². The fourth-order valence-corrected chi connectivity index (χ4v) is 3.08. The Balaban J connectivity index is 1.88. The Labute approximate surface area is 117 Å². The molecule has 1 aromatic rings. The largest absolute Gasteiger partial charge is 0.329 e. The van der Waals surface area contributed by atoms with Gasteiger partial charge in [-0.25, -0.2) is 0 Å². The zero-order valence-electron chi connectivity index (χ0n) is 12.3. The summed E-state index contributed by atoms with van der Waals surface area (Å²) in [6, 6.07) is 12.0. The van der Waals surface area contributed by atoms with Gasteiger partial charge in [0, 0.05) is 44.8 Å². The van der Waals surface area contributed by atoms with Crippen molar-refractivity contribution >= 4 is 0 Å². The fourth-order valence-electron chi connectivity index (χ4n) is 3.08. The molecule has 0 amide bonds. The van der Waals surface area contributed by atoms with Crippen LogP contribution in [0.15, 0.2) is 30.3 Å². The van der Waals surface area contributed by atoms with Crippen molar-refractivity contribution < 1.29 is 0 Å². The third-order valence-electron chi connectivity index (χ3n) is 4.02. The van der Waals surface area contributed by atoms with Crippen LogP contribution >= 0.6 is 0 Å². The number of rotatable bonds is 6. The van der Waals surface area contributed by atoms with Crippen LogP contribution < -0.4 is 5.73 Å². The number of nitrogens with zero attached hydrogens (tertiary/aromatic N) is 2. The molecule has 0 spiro atoms. The molecule has 0 aliphatic carbocycles. The summed E-state index contributed by atoms with van der Waals surface area (Å²) in [6.07, 6.45) is 1.27.